The summed E-state index contributed by atoms with van der Waals surface area (Å²) in [4.78, 5) is 11.4. The number of anilines is 1. The first-order valence-corrected chi connectivity index (χ1v) is 7.68. The number of aromatic hydroxyl groups is 1. The van der Waals surface area contributed by atoms with Crippen LogP contribution in [-0.4, -0.2) is 24.0 Å². The van der Waals surface area contributed by atoms with Gasteiger partial charge in [-0.05, 0) is 17.5 Å². The number of hydrogen-bond acceptors (Lipinski definition) is 4. The Bertz CT molecular complexity index is 811. The van der Waals surface area contributed by atoms with Crippen LogP contribution in [0.3, 0.4) is 0 Å². The van der Waals surface area contributed by atoms with Crippen molar-refractivity contribution in [3.63, 3.8) is 0 Å². The van der Waals surface area contributed by atoms with Gasteiger partial charge in [0, 0.05) is 23.1 Å². The van der Waals surface area contributed by atoms with Crippen molar-refractivity contribution < 1.29 is 22.9 Å². The van der Waals surface area contributed by atoms with Crippen LogP contribution < -0.4 is 5.32 Å². The largest absolute Gasteiger partial charge is 0.508 e. The smallest absolute Gasteiger partial charge is 0.295 e. The lowest BCUT2D eigenvalue weighted by atomic mass is 10.1. The summed E-state index contributed by atoms with van der Waals surface area (Å²) in [6.07, 6.45) is 0. The molecule has 112 valence electrons. The Labute approximate surface area is 122 Å². The summed E-state index contributed by atoms with van der Waals surface area (Å²) in [6.45, 7) is 3.41. The highest BCUT2D eigenvalue weighted by Crippen LogP contribution is 2.33. The van der Waals surface area contributed by atoms with Gasteiger partial charge in [-0.25, -0.2) is 0 Å². The van der Waals surface area contributed by atoms with Gasteiger partial charge in [-0.2, -0.15) is 8.42 Å². The minimum atomic E-state index is -4.54. The van der Waals surface area contributed by atoms with E-state index in [1.54, 1.807) is 26.0 Å². The Balaban J connectivity index is 2.76. The van der Waals surface area contributed by atoms with Gasteiger partial charge in [0.1, 0.15) is 10.6 Å². The zero-order valence-electron chi connectivity index (χ0n) is 11.5. The molecule has 2 aromatic carbocycles. The van der Waals surface area contributed by atoms with Crippen molar-refractivity contribution >= 4 is 32.5 Å². The van der Waals surface area contributed by atoms with Crippen molar-refractivity contribution in [1.82, 2.24) is 0 Å². The van der Waals surface area contributed by atoms with Crippen molar-refractivity contribution in [2.75, 3.05) is 5.32 Å². The molecular formula is C14H15NO5S. The summed E-state index contributed by atoms with van der Waals surface area (Å²) in [6, 6.07) is 7.03. The van der Waals surface area contributed by atoms with Gasteiger partial charge in [0.2, 0.25) is 5.91 Å². The number of hydrogen-bond donors (Lipinski definition) is 3. The molecule has 0 aliphatic rings. The number of phenolic OH excluding ortho intramolecular Hbond substituents is 1. The van der Waals surface area contributed by atoms with E-state index in [0.29, 0.717) is 5.39 Å². The van der Waals surface area contributed by atoms with Crippen LogP contribution >= 0.6 is 0 Å². The number of benzene rings is 2. The predicted octanol–water partition coefficient (Wildman–Crippen LogP) is 2.39. The number of fused-ring (bicyclic) bond motifs is 1. The standard InChI is InChI=1S/C14H15NO5S/c1-8(2)14(17)15-11-5-3-4-9-6-10(16)7-12(13(9)11)21(18,19)20/h3-8,16H,1-2H3,(H,15,17)(H,18,19,20). The lowest BCUT2D eigenvalue weighted by Gasteiger charge is -2.13. The van der Waals surface area contributed by atoms with E-state index in [9.17, 15) is 22.9 Å². The van der Waals surface area contributed by atoms with Crippen LogP contribution in [0, 0.1) is 5.92 Å². The third-order valence-electron chi connectivity index (χ3n) is 2.99. The molecule has 2 rings (SSSR count). The van der Waals surface area contributed by atoms with Gasteiger partial charge >= 0.3 is 0 Å². The van der Waals surface area contributed by atoms with Gasteiger partial charge in [-0.1, -0.05) is 26.0 Å². The molecule has 3 N–H and O–H groups in total. The third-order valence-corrected chi connectivity index (χ3v) is 3.86. The van der Waals surface area contributed by atoms with Crippen LogP contribution in [-0.2, 0) is 14.9 Å². The quantitative estimate of drug-likeness (QED) is 0.755. The van der Waals surface area contributed by atoms with E-state index in [2.05, 4.69) is 5.32 Å². The van der Waals surface area contributed by atoms with Gasteiger partial charge < -0.3 is 10.4 Å². The van der Waals surface area contributed by atoms with Crippen LogP contribution in [0.25, 0.3) is 10.8 Å². The predicted molar refractivity (Wildman–Crippen MR) is 78.9 cm³/mol. The van der Waals surface area contributed by atoms with Crippen LogP contribution in [0.1, 0.15) is 13.8 Å². The summed E-state index contributed by atoms with van der Waals surface area (Å²) in [5, 5.41) is 12.7. The number of rotatable bonds is 3. The zero-order valence-corrected chi connectivity index (χ0v) is 12.3. The summed E-state index contributed by atoms with van der Waals surface area (Å²) in [7, 11) is -4.54. The first kappa shape index (κ1) is 15.3. The van der Waals surface area contributed by atoms with E-state index in [1.165, 1.54) is 12.1 Å². The average Bonchev–Trinajstić information content (AvgIpc) is 2.36. The van der Waals surface area contributed by atoms with Crippen LogP contribution in [0.5, 0.6) is 5.75 Å². The van der Waals surface area contributed by atoms with E-state index in [1.807, 2.05) is 0 Å². The number of phenols is 1. The molecule has 0 atom stereocenters. The van der Waals surface area contributed by atoms with Crippen LogP contribution in [0.15, 0.2) is 35.2 Å². The summed E-state index contributed by atoms with van der Waals surface area (Å²) >= 11 is 0. The molecule has 0 spiro atoms. The van der Waals surface area contributed by atoms with E-state index in [0.717, 1.165) is 6.07 Å². The molecule has 0 bridgehead atoms. The van der Waals surface area contributed by atoms with Crippen LogP contribution in [0.2, 0.25) is 0 Å². The number of carbonyl (C=O) groups excluding carboxylic acids is 1. The van der Waals surface area contributed by atoms with Gasteiger partial charge in [0.05, 0.1) is 0 Å². The second kappa shape index (κ2) is 5.34. The van der Waals surface area contributed by atoms with Crippen molar-refractivity contribution in [3.8, 4) is 5.75 Å². The van der Waals surface area contributed by atoms with Gasteiger partial charge in [-0.3, -0.25) is 9.35 Å². The molecule has 0 fully saturated rings. The van der Waals surface area contributed by atoms with E-state index in [-0.39, 0.29) is 28.6 Å². The highest BCUT2D eigenvalue weighted by molar-refractivity contribution is 7.86. The highest BCUT2D eigenvalue weighted by Gasteiger charge is 2.19. The SMILES string of the molecule is CC(C)C(=O)Nc1cccc2cc(O)cc(S(=O)(=O)O)c12. The monoisotopic (exact) mass is 309 g/mol. The minimum Gasteiger partial charge on any atom is -0.508 e. The number of nitrogens with one attached hydrogen (secondary N) is 1. The third kappa shape index (κ3) is 3.14. The molecule has 2 aromatic rings. The fourth-order valence-electron chi connectivity index (χ4n) is 1.96. The van der Waals surface area contributed by atoms with Gasteiger partial charge in [-0.15, -0.1) is 0 Å². The minimum absolute atomic E-state index is 0.159. The average molecular weight is 309 g/mol. The molecule has 21 heavy (non-hydrogen) atoms. The normalized spacial score (nSPS) is 11.8. The summed E-state index contributed by atoms with van der Waals surface area (Å²) in [5.74, 6) is -0.856. The molecule has 0 saturated heterocycles. The van der Waals surface area contributed by atoms with Crippen molar-refractivity contribution in [3.05, 3.63) is 30.3 Å². The molecule has 0 aliphatic heterocycles. The summed E-state index contributed by atoms with van der Waals surface area (Å²) < 4.78 is 32.3. The molecule has 0 aliphatic carbocycles. The molecule has 0 saturated carbocycles. The molecule has 0 unspecified atom stereocenters. The first-order valence-electron chi connectivity index (χ1n) is 6.24. The molecule has 6 nitrogen and oxygen atoms in total. The molecular weight excluding hydrogens is 294 g/mol. The molecule has 1 amide bonds. The second-order valence-electron chi connectivity index (χ2n) is 4.97. The fourth-order valence-corrected chi connectivity index (χ4v) is 2.71. The first-order chi connectivity index (χ1) is 9.70. The van der Waals surface area contributed by atoms with Crippen molar-refractivity contribution in [2.45, 2.75) is 18.7 Å². The zero-order chi connectivity index (χ0) is 15.8. The molecule has 0 radical (unpaired) electrons. The van der Waals surface area contributed by atoms with E-state index in [4.69, 9.17) is 0 Å². The molecule has 7 heteroatoms. The number of amides is 1. The van der Waals surface area contributed by atoms with Crippen molar-refractivity contribution in [1.29, 1.82) is 0 Å². The van der Waals surface area contributed by atoms with Gasteiger partial charge in [0.25, 0.3) is 10.1 Å². The Kier molecular flexibility index (Phi) is 3.89. The van der Waals surface area contributed by atoms with Crippen LogP contribution in [0.4, 0.5) is 5.69 Å². The van der Waals surface area contributed by atoms with E-state index < -0.39 is 15.0 Å². The number of carbonyl (C=O) groups is 1. The topological polar surface area (TPSA) is 104 Å². The molecule has 0 aromatic heterocycles. The lowest BCUT2D eigenvalue weighted by Crippen LogP contribution is -2.18. The Hall–Kier alpha value is -2.12. The lowest BCUT2D eigenvalue weighted by molar-refractivity contribution is -0.118. The maximum atomic E-state index is 11.8. The van der Waals surface area contributed by atoms with Crippen molar-refractivity contribution in [2.24, 2.45) is 5.92 Å². The fraction of sp³-hybridized carbons (Fsp3) is 0.214. The Morgan fingerprint density at radius 1 is 1.24 bits per heavy atom. The molecule has 0 heterocycles. The maximum absolute atomic E-state index is 11.8. The Morgan fingerprint density at radius 3 is 2.48 bits per heavy atom. The maximum Gasteiger partial charge on any atom is 0.295 e. The van der Waals surface area contributed by atoms with Gasteiger partial charge in [0.15, 0.2) is 0 Å². The highest BCUT2D eigenvalue weighted by atomic mass is 32.2. The summed E-state index contributed by atoms with van der Waals surface area (Å²) in [5.41, 5.74) is 0.263. The Morgan fingerprint density at radius 2 is 1.90 bits per heavy atom. The van der Waals surface area contributed by atoms with E-state index >= 15 is 0 Å². The second-order valence-corrected chi connectivity index (χ2v) is 6.36.